The third kappa shape index (κ3) is 11.1. The molecule has 0 aromatic heterocycles. The SMILES string of the molecule is C=CC(=O)OCC(COc1c(C)cc(C(C)(C)c2cc(C)c(OCC(CSC3=NCCS3)OC(=O)C=C)c(C)c2)cc1C)SC1=NCCS1. The highest BCUT2D eigenvalue weighted by Crippen LogP contribution is 2.39. The van der Waals surface area contributed by atoms with Gasteiger partial charge in [-0.05, 0) is 61.1 Å². The van der Waals surface area contributed by atoms with Crippen molar-refractivity contribution < 1.29 is 28.5 Å². The molecule has 12 heteroatoms. The van der Waals surface area contributed by atoms with Crippen molar-refractivity contribution in [2.45, 2.75) is 58.3 Å². The molecular weight excluding hydrogens is 697 g/mol. The van der Waals surface area contributed by atoms with Crippen molar-refractivity contribution in [2.75, 3.05) is 50.2 Å². The van der Waals surface area contributed by atoms with Crippen molar-refractivity contribution in [2.24, 2.45) is 9.98 Å². The Morgan fingerprint density at radius 2 is 1.33 bits per heavy atom. The molecule has 2 heterocycles. The van der Waals surface area contributed by atoms with Crippen molar-refractivity contribution in [3.8, 4) is 11.5 Å². The summed E-state index contributed by atoms with van der Waals surface area (Å²) in [5, 5.41) is -0.0985. The fourth-order valence-electron chi connectivity index (χ4n) is 5.37. The van der Waals surface area contributed by atoms with E-state index in [0.717, 1.165) is 67.1 Å². The zero-order chi connectivity index (χ0) is 35.6. The van der Waals surface area contributed by atoms with Crippen LogP contribution in [0.25, 0.3) is 0 Å². The Balaban J connectivity index is 1.46. The number of carbonyl (C=O) groups excluding carboxylic acids is 2. The number of ether oxygens (including phenoxy) is 4. The molecule has 4 rings (SSSR count). The standard InChI is InChI=1S/C37H46N2O6S4/c1-9-31(40)42-20-30(49-36-39-12-14-47-36)21-44-34-25(5)17-28(18-26(34)6)37(7,8)27-15-23(3)33(24(4)16-27)43-19-29(45-32(41)10-2)22-48-35-38-11-13-46-35/h9-10,15-18,29-30H,1-2,11-14,19-22H2,3-8H3. The zero-order valence-electron chi connectivity index (χ0n) is 29.2. The number of rotatable bonds is 16. The first-order valence-corrected chi connectivity index (χ1v) is 20.0. The van der Waals surface area contributed by atoms with Gasteiger partial charge < -0.3 is 18.9 Å². The van der Waals surface area contributed by atoms with Crippen molar-refractivity contribution in [3.05, 3.63) is 83.0 Å². The van der Waals surface area contributed by atoms with E-state index in [-0.39, 0.29) is 23.9 Å². The van der Waals surface area contributed by atoms with E-state index < -0.39 is 18.0 Å². The van der Waals surface area contributed by atoms with E-state index in [9.17, 15) is 9.59 Å². The van der Waals surface area contributed by atoms with Crippen LogP contribution in [0.4, 0.5) is 0 Å². The van der Waals surface area contributed by atoms with Gasteiger partial charge in [-0.3, -0.25) is 9.98 Å². The summed E-state index contributed by atoms with van der Waals surface area (Å²) in [6.45, 7) is 22.2. The van der Waals surface area contributed by atoms with Crippen molar-refractivity contribution >= 4 is 67.7 Å². The third-order valence-electron chi connectivity index (χ3n) is 7.99. The number of benzene rings is 2. The first-order chi connectivity index (χ1) is 23.4. The minimum absolute atomic E-state index is 0.0985. The molecule has 2 aromatic rings. The molecule has 0 aliphatic carbocycles. The van der Waals surface area contributed by atoms with Gasteiger partial charge >= 0.3 is 11.9 Å². The average molecular weight is 743 g/mol. The molecule has 0 fully saturated rings. The van der Waals surface area contributed by atoms with Crippen LogP contribution in [-0.2, 0) is 24.5 Å². The van der Waals surface area contributed by atoms with Gasteiger partial charge in [0.15, 0.2) is 0 Å². The Hall–Kier alpha value is -2.80. The summed E-state index contributed by atoms with van der Waals surface area (Å²) in [5.41, 5.74) is 6.13. The number of nitrogens with zero attached hydrogens (tertiary/aromatic N) is 2. The predicted octanol–water partition coefficient (Wildman–Crippen LogP) is 7.87. The lowest BCUT2D eigenvalue weighted by Gasteiger charge is -2.29. The molecule has 8 nitrogen and oxygen atoms in total. The lowest BCUT2D eigenvalue weighted by atomic mass is 9.76. The molecule has 49 heavy (non-hydrogen) atoms. The Morgan fingerprint density at radius 1 is 0.816 bits per heavy atom. The average Bonchev–Trinajstić information content (AvgIpc) is 3.79. The minimum atomic E-state index is -0.464. The summed E-state index contributed by atoms with van der Waals surface area (Å²) >= 11 is 6.63. The zero-order valence-corrected chi connectivity index (χ0v) is 32.4. The maximum absolute atomic E-state index is 12.0. The van der Waals surface area contributed by atoms with Crippen LogP contribution in [0.1, 0.15) is 47.2 Å². The topological polar surface area (TPSA) is 95.8 Å². The fourth-order valence-corrected chi connectivity index (χ4v) is 9.57. The van der Waals surface area contributed by atoms with Gasteiger partial charge in [0, 0.05) is 34.8 Å². The second kappa shape index (κ2) is 18.4. The minimum Gasteiger partial charge on any atom is -0.492 e. The van der Waals surface area contributed by atoms with Gasteiger partial charge in [0.05, 0.1) is 18.3 Å². The second-order valence-electron chi connectivity index (χ2n) is 12.3. The molecule has 2 unspecified atom stereocenters. The summed E-state index contributed by atoms with van der Waals surface area (Å²) in [7, 11) is 0. The van der Waals surface area contributed by atoms with Gasteiger partial charge in [-0.25, -0.2) is 9.59 Å². The van der Waals surface area contributed by atoms with E-state index in [1.165, 1.54) is 23.3 Å². The number of aliphatic imine (C=N–C) groups is 2. The van der Waals surface area contributed by atoms with E-state index in [1.807, 2.05) is 0 Å². The number of thioether (sulfide) groups is 4. The van der Waals surface area contributed by atoms with Crippen molar-refractivity contribution in [1.29, 1.82) is 0 Å². The molecule has 0 bridgehead atoms. The molecule has 0 amide bonds. The highest BCUT2D eigenvalue weighted by Gasteiger charge is 2.27. The van der Waals surface area contributed by atoms with Crippen LogP contribution in [0, 0.1) is 27.7 Å². The van der Waals surface area contributed by atoms with Gasteiger partial charge in [0.25, 0.3) is 0 Å². The second-order valence-corrected chi connectivity index (χ2v) is 17.2. The molecule has 0 spiro atoms. The Bertz CT molecular complexity index is 1560. The molecule has 0 radical (unpaired) electrons. The van der Waals surface area contributed by atoms with E-state index in [4.69, 9.17) is 18.9 Å². The molecule has 0 saturated carbocycles. The summed E-state index contributed by atoms with van der Waals surface area (Å²) < 4.78 is 25.7. The lowest BCUT2D eigenvalue weighted by molar-refractivity contribution is -0.143. The summed E-state index contributed by atoms with van der Waals surface area (Å²) in [6.07, 6.45) is 1.92. The molecular formula is C37H46N2O6S4. The maximum Gasteiger partial charge on any atom is 0.330 e. The van der Waals surface area contributed by atoms with Crippen LogP contribution in [-0.4, -0.2) is 82.2 Å². The molecule has 2 aromatic carbocycles. The van der Waals surface area contributed by atoms with E-state index in [2.05, 4.69) is 89.0 Å². The van der Waals surface area contributed by atoms with Gasteiger partial charge in [0.1, 0.15) is 46.2 Å². The largest absolute Gasteiger partial charge is 0.492 e. The maximum atomic E-state index is 12.0. The molecule has 2 aliphatic heterocycles. The monoisotopic (exact) mass is 742 g/mol. The van der Waals surface area contributed by atoms with Crippen LogP contribution < -0.4 is 9.47 Å². The molecule has 2 aliphatic rings. The molecule has 2 atom stereocenters. The lowest BCUT2D eigenvalue weighted by Crippen LogP contribution is -2.27. The van der Waals surface area contributed by atoms with E-state index in [1.54, 1.807) is 47.0 Å². The first-order valence-electron chi connectivity index (χ1n) is 16.2. The quantitative estimate of drug-likeness (QED) is 0.125. The number of carbonyl (C=O) groups is 2. The smallest absolute Gasteiger partial charge is 0.330 e. The summed E-state index contributed by atoms with van der Waals surface area (Å²) in [4.78, 5) is 32.8. The van der Waals surface area contributed by atoms with Gasteiger partial charge in [-0.2, -0.15) is 0 Å². The van der Waals surface area contributed by atoms with Crippen LogP contribution in [0.5, 0.6) is 11.5 Å². The normalized spacial score (nSPS) is 15.6. The third-order valence-corrected chi connectivity index (χ3v) is 12.7. The number of hydrogen-bond donors (Lipinski definition) is 0. The van der Waals surface area contributed by atoms with Crippen LogP contribution in [0.2, 0.25) is 0 Å². The number of esters is 2. The summed E-state index contributed by atoms with van der Waals surface area (Å²) in [5.74, 6) is 3.23. The van der Waals surface area contributed by atoms with Crippen LogP contribution in [0.3, 0.4) is 0 Å². The van der Waals surface area contributed by atoms with Gasteiger partial charge in [-0.15, -0.1) is 0 Å². The number of aryl methyl sites for hydroxylation is 4. The number of hydrogen-bond acceptors (Lipinski definition) is 12. The van der Waals surface area contributed by atoms with Crippen LogP contribution in [0.15, 0.2) is 59.6 Å². The Kier molecular flexibility index (Phi) is 14.7. The molecule has 0 saturated heterocycles. The highest BCUT2D eigenvalue weighted by atomic mass is 32.2. The molecule has 264 valence electrons. The van der Waals surface area contributed by atoms with Crippen LogP contribution >= 0.6 is 47.0 Å². The van der Waals surface area contributed by atoms with Gasteiger partial charge in [-0.1, -0.05) is 98.3 Å². The summed E-state index contributed by atoms with van der Waals surface area (Å²) in [6, 6.07) is 8.74. The van der Waals surface area contributed by atoms with Gasteiger partial charge in [0.2, 0.25) is 0 Å². The van der Waals surface area contributed by atoms with E-state index in [0.29, 0.717) is 12.4 Å². The highest BCUT2D eigenvalue weighted by molar-refractivity contribution is 8.39. The molecule has 0 N–H and O–H groups in total. The Morgan fingerprint density at radius 3 is 1.82 bits per heavy atom. The fraction of sp³-hybridized carbons (Fsp3) is 0.459. The van der Waals surface area contributed by atoms with Crippen molar-refractivity contribution in [1.82, 2.24) is 0 Å². The van der Waals surface area contributed by atoms with Crippen molar-refractivity contribution in [3.63, 3.8) is 0 Å². The predicted molar refractivity (Wildman–Crippen MR) is 210 cm³/mol. The van der Waals surface area contributed by atoms with E-state index >= 15 is 0 Å². The Labute approximate surface area is 307 Å². The first kappa shape index (κ1) is 39.0.